The molecule has 1 heterocycles. The number of carbonyl (C=O) groups is 2. The fraction of sp³-hybridized carbons (Fsp3) is 0.529. The van der Waals surface area contributed by atoms with E-state index in [2.05, 4.69) is 19.2 Å². The monoisotopic (exact) mass is 288 g/mol. The zero-order valence-electron chi connectivity index (χ0n) is 12.8. The number of benzene rings is 1. The van der Waals surface area contributed by atoms with Gasteiger partial charge in [-0.15, -0.1) is 0 Å². The van der Waals surface area contributed by atoms with Crippen molar-refractivity contribution in [3.63, 3.8) is 0 Å². The van der Waals surface area contributed by atoms with Crippen molar-refractivity contribution < 1.29 is 9.59 Å². The summed E-state index contributed by atoms with van der Waals surface area (Å²) < 4.78 is 0. The van der Waals surface area contributed by atoms with Crippen LogP contribution in [0.2, 0.25) is 0 Å². The lowest BCUT2D eigenvalue weighted by atomic mass is 10.1. The number of amides is 2. The third-order valence-electron chi connectivity index (χ3n) is 3.87. The molecule has 1 aromatic rings. The maximum atomic E-state index is 12.2. The van der Waals surface area contributed by atoms with Crippen LogP contribution in [-0.2, 0) is 16.1 Å². The van der Waals surface area contributed by atoms with Crippen LogP contribution in [0.1, 0.15) is 32.3 Å². The molecule has 1 aliphatic heterocycles. The highest BCUT2D eigenvalue weighted by molar-refractivity contribution is 5.89. The lowest BCUT2D eigenvalue weighted by Gasteiger charge is -2.17. The SMILES string of the molecule is CC(C)CCN1C[C@H](C(=O)NCc2ccccc2)CC1=O. The lowest BCUT2D eigenvalue weighted by Crippen LogP contribution is -2.33. The van der Waals surface area contributed by atoms with E-state index < -0.39 is 0 Å². The zero-order chi connectivity index (χ0) is 15.2. The molecular formula is C17H24N2O2. The number of hydrogen-bond acceptors (Lipinski definition) is 2. The molecule has 114 valence electrons. The molecule has 2 rings (SSSR count). The van der Waals surface area contributed by atoms with Crippen molar-refractivity contribution in [2.45, 2.75) is 33.2 Å². The summed E-state index contributed by atoms with van der Waals surface area (Å²) in [5.74, 6) is 0.465. The molecule has 1 saturated heterocycles. The highest BCUT2D eigenvalue weighted by Gasteiger charge is 2.33. The Kier molecular flexibility index (Phi) is 5.37. The molecule has 4 heteroatoms. The summed E-state index contributed by atoms with van der Waals surface area (Å²) in [6.07, 6.45) is 1.34. The van der Waals surface area contributed by atoms with Crippen LogP contribution in [0.4, 0.5) is 0 Å². The number of likely N-dealkylation sites (tertiary alicyclic amines) is 1. The second-order valence-corrected chi connectivity index (χ2v) is 6.13. The van der Waals surface area contributed by atoms with Gasteiger partial charge in [0.05, 0.1) is 5.92 Å². The van der Waals surface area contributed by atoms with Crippen molar-refractivity contribution in [2.24, 2.45) is 11.8 Å². The van der Waals surface area contributed by atoms with Gasteiger partial charge in [0, 0.05) is 26.1 Å². The molecule has 0 aliphatic carbocycles. The van der Waals surface area contributed by atoms with Gasteiger partial charge in [-0.3, -0.25) is 9.59 Å². The normalized spacial score (nSPS) is 18.3. The molecule has 1 aliphatic rings. The molecule has 0 aromatic heterocycles. The van der Waals surface area contributed by atoms with Gasteiger partial charge in [0.25, 0.3) is 0 Å². The Labute approximate surface area is 126 Å². The van der Waals surface area contributed by atoms with Crippen molar-refractivity contribution in [3.8, 4) is 0 Å². The highest BCUT2D eigenvalue weighted by Crippen LogP contribution is 2.19. The van der Waals surface area contributed by atoms with E-state index in [0.29, 0.717) is 25.4 Å². The van der Waals surface area contributed by atoms with Crippen LogP contribution in [0.3, 0.4) is 0 Å². The molecule has 1 fully saturated rings. The Morgan fingerprint density at radius 3 is 2.71 bits per heavy atom. The molecule has 1 aromatic carbocycles. The van der Waals surface area contributed by atoms with Crippen LogP contribution in [0.25, 0.3) is 0 Å². The van der Waals surface area contributed by atoms with Crippen LogP contribution in [0.5, 0.6) is 0 Å². The van der Waals surface area contributed by atoms with Gasteiger partial charge in [0.2, 0.25) is 11.8 Å². The number of rotatable bonds is 6. The zero-order valence-corrected chi connectivity index (χ0v) is 12.8. The first kappa shape index (κ1) is 15.5. The topological polar surface area (TPSA) is 49.4 Å². The fourth-order valence-electron chi connectivity index (χ4n) is 2.51. The van der Waals surface area contributed by atoms with Gasteiger partial charge >= 0.3 is 0 Å². The second kappa shape index (κ2) is 7.25. The van der Waals surface area contributed by atoms with E-state index in [-0.39, 0.29) is 17.7 Å². The van der Waals surface area contributed by atoms with Crippen molar-refractivity contribution in [3.05, 3.63) is 35.9 Å². The molecule has 0 saturated carbocycles. The van der Waals surface area contributed by atoms with Crippen LogP contribution < -0.4 is 5.32 Å². The quantitative estimate of drug-likeness (QED) is 0.872. The van der Waals surface area contributed by atoms with Gasteiger partial charge in [-0.2, -0.15) is 0 Å². The van der Waals surface area contributed by atoms with E-state index in [9.17, 15) is 9.59 Å². The molecule has 2 amide bonds. The summed E-state index contributed by atoms with van der Waals surface area (Å²) in [6, 6.07) is 9.82. The first-order valence-corrected chi connectivity index (χ1v) is 7.65. The number of nitrogens with zero attached hydrogens (tertiary/aromatic N) is 1. The Hall–Kier alpha value is -1.84. The summed E-state index contributed by atoms with van der Waals surface area (Å²) >= 11 is 0. The number of nitrogens with one attached hydrogen (secondary N) is 1. The highest BCUT2D eigenvalue weighted by atomic mass is 16.2. The predicted molar refractivity (Wildman–Crippen MR) is 82.4 cm³/mol. The lowest BCUT2D eigenvalue weighted by molar-refractivity contribution is -0.129. The average Bonchev–Trinajstić information content (AvgIpc) is 2.85. The minimum Gasteiger partial charge on any atom is -0.352 e. The summed E-state index contributed by atoms with van der Waals surface area (Å²) in [5, 5.41) is 2.93. The van der Waals surface area contributed by atoms with Crippen molar-refractivity contribution in [1.82, 2.24) is 10.2 Å². The third kappa shape index (κ3) is 4.59. The largest absolute Gasteiger partial charge is 0.352 e. The number of hydrogen-bond donors (Lipinski definition) is 1. The van der Waals surface area contributed by atoms with Crippen molar-refractivity contribution in [2.75, 3.05) is 13.1 Å². The summed E-state index contributed by atoms with van der Waals surface area (Å²) in [7, 11) is 0. The van der Waals surface area contributed by atoms with Gasteiger partial charge in [0.1, 0.15) is 0 Å². The standard InChI is InChI=1S/C17H24N2O2/c1-13(2)8-9-19-12-15(10-16(19)20)17(21)18-11-14-6-4-3-5-7-14/h3-7,13,15H,8-12H2,1-2H3,(H,18,21)/t15-/m1/s1. The van der Waals surface area contributed by atoms with E-state index in [0.717, 1.165) is 18.5 Å². The summed E-state index contributed by atoms with van der Waals surface area (Å²) in [4.78, 5) is 25.9. The fourth-order valence-corrected chi connectivity index (χ4v) is 2.51. The van der Waals surface area contributed by atoms with Gasteiger partial charge in [-0.25, -0.2) is 0 Å². The van der Waals surface area contributed by atoms with Gasteiger partial charge in [-0.05, 0) is 17.9 Å². The van der Waals surface area contributed by atoms with E-state index in [1.54, 1.807) is 0 Å². The smallest absolute Gasteiger partial charge is 0.225 e. The van der Waals surface area contributed by atoms with E-state index in [1.165, 1.54) is 0 Å². The molecule has 1 atom stereocenters. The second-order valence-electron chi connectivity index (χ2n) is 6.13. The maximum absolute atomic E-state index is 12.2. The van der Waals surface area contributed by atoms with Gasteiger partial charge in [0.15, 0.2) is 0 Å². The van der Waals surface area contributed by atoms with Crippen molar-refractivity contribution >= 4 is 11.8 Å². The molecule has 0 bridgehead atoms. The molecule has 1 N–H and O–H groups in total. The summed E-state index contributed by atoms with van der Waals surface area (Å²) in [5.41, 5.74) is 1.08. The van der Waals surface area contributed by atoms with Crippen LogP contribution in [0, 0.1) is 11.8 Å². The molecular weight excluding hydrogens is 264 g/mol. The summed E-state index contributed by atoms with van der Waals surface area (Å²) in [6.45, 7) is 6.14. The molecule has 0 radical (unpaired) electrons. The van der Waals surface area contributed by atoms with Crippen LogP contribution >= 0.6 is 0 Å². The molecule has 4 nitrogen and oxygen atoms in total. The molecule has 0 spiro atoms. The van der Waals surface area contributed by atoms with Crippen molar-refractivity contribution in [1.29, 1.82) is 0 Å². The minimum absolute atomic E-state index is 0.0146. The minimum atomic E-state index is -0.201. The predicted octanol–water partition coefficient (Wildman–Crippen LogP) is 2.20. The maximum Gasteiger partial charge on any atom is 0.225 e. The average molecular weight is 288 g/mol. The first-order valence-electron chi connectivity index (χ1n) is 7.65. The Morgan fingerprint density at radius 2 is 2.05 bits per heavy atom. The third-order valence-corrected chi connectivity index (χ3v) is 3.87. The Balaban J connectivity index is 1.80. The van der Waals surface area contributed by atoms with E-state index >= 15 is 0 Å². The molecule has 0 unspecified atom stereocenters. The van der Waals surface area contributed by atoms with Crippen LogP contribution in [0.15, 0.2) is 30.3 Å². The number of carbonyl (C=O) groups excluding carboxylic acids is 2. The van der Waals surface area contributed by atoms with Crippen LogP contribution in [-0.4, -0.2) is 29.8 Å². The van der Waals surface area contributed by atoms with Gasteiger partial charge in [-0.1, -0.05) is 44.2 Å². The molecule has 21 heavy (non-hydrogen) atoms. The Bertz CT molecular complexity index is 485. The first-order chi connectivity index (χ1) is 10.1. The van der Waals surface area contributed by atoms with E-state index in [1.807, 2.05) is 35.2 Å². The van der Waals surface area contributed by atoms with Gasteiger partial charge < -0.3 is 10.2 Å². The Morgan fingerprint density at radius 1 is 1.33 bits per heavy atom. The van der Waals surface area contributed by atoms with E-state index in [4.69, 9.17) is 0 Å².